The topological polar surface area (TPSA) is 51.8 Å². The van der Waals surface area contributed by atoms with Gasteiger partial charge >= 0.3 is 0 Å². The average Bonchev–Trinajstić information content (AvgIpc) is 3.88. The second-order valence-corrected chi connectivity index (χ2v) is 15.9. The molecule has 2 aromatic heterocycles. The highest BCUT2D eigenvalue weighted by Crippen LogP contribution is 2.56. The Morgan fingerprint density at radius 3 is 1.37 bits per heavy atom. The van der Waals surface area contributed by atoms with Gasteiger partial charge in [0.2, 0.25) is 0 Å². The molecule has 0 spiro atoms. The van der Waals surface area contributed by atoms with Crippen LogP contribution in [0.5, 0.6) is 0 Å². The average molecular weight is 792 g/mol. The molecule has 290 valence electrons. The van der Waals surface area contributed by atoms with Gasteiger partial charge in [-0.2, -0.15) is 0 Å². The highest BCUT2D eigenvalue weighted by molar-refractivity contribution is 6.05. The van der Waals surface area contributed by atoms with Crippen LogP contribution in [0.25, 0.3) is 89.5 Å². The Bertz CT molecular complexity index is 3360. The highest BCUT2D eigenvalue weighted by Gasteiger charge is 2.46. The van der Waals surface area contributed by atoms with Crippen LogP contribution >= 0.6 is 0 Å². The lowest BCUT2D eigenvalue weighted by molar-refractivity contribution is 0.665. The molecule has 11 aromatic rings. The van der Waals surface area contributed by atoms with Crippen molar-refractivity contribution in [3.63, 3.8) is 0 Å². The summed E-state index contributed by atoms with van der Waals surface area (Å²) in [5.41, 5.74) is 16.0. The molecular weight excluding hydrogens is 755 g/mol. The molecule has 0 radical (unpaired) electrons. The first-order chi connectivity index (χ1) is 30.7. The van der Waals surface area contributed by atoms with E-state index in [0.29, 0.717) is 17.5 Å². The van der Waals surface area contributed by atoms with Gasteiger partial charge in [-0.25, -0.2) is 15.0 Å². The third-order valence-corrected chi connectivity index (χ3v) is 12.4. The summed E-state index contributed by atoms with van der Waals surface area (Å²) in [6.07, 6.45) is 0. The van der Waals surface area contributed by atoms with E-state index in [2.05, 4.69) is 152 Å². The Balaban J connectivity index is 0.940. The van der Waals surface area contributed by atoms with E-state index in [9.17, 15) is 0 Å². The maximum atomic E-state index is 6.50. The minimum atomic E-state index is -0.545. The van der Waals surface area contributed by atoms with Crippen LogP contribution in [-0.2, 0) is 5.41 Å². The number of hydrogen-bond donors (Lipinski definition) is 0. The molecule has 0 amide bonds. The molecule has 1 aliphatic rings. The summed E-state index contributed by atoms with van der Waals surface area (Å²) in [7, 11) is 0. The van der Waals surface area contributed by atoms with Crippen molar-refractivity contribution in [1.29, 1.82) is 0 Å². The van der Waals surface area contributed by atoms with E-state index in [0.717, 1.165) is 60.9 Å². The molecule has 0 N–H and O–H groups in total. The maximum absolute atomic E-state index is 6.50. The van der Waals surface area contributed by atoms with Gasteiger partial charge in [-0.3, -0.25) is 0 Å². The highest BCUT2D eigenvalue weighted by atomic mass is 16.3. The zero-order valence-corrected chi connectivity index (χ0v) is 33.6. The van der Waals surface area contributed by atoms with Gasteiger partial charge < -0.3 is 4.42 Å². The van der Waals surface area contributed by atoms with Crippen LogP contribution in [0.1, 0.15) is 22.3 Å². The van der Waals surface area contributed by atoms with Gasteiger partial charge in [-0.05, 0) is 79.9 Å². The number of hydrogen-bond acceptors (Lipinski definition) is 4. The minimum absolute atomic E-state index is 0.545. The summed E-state index contributed by atoms with van der Waals surface area (Å²) in [6.45, 7) is 0. The number of para-hydroxylation sites is 1. The number of benzene rings is 9. The van der Waals surface area contributed by atoms with Gasteiger partial charge in [-0.15, -0.1) is 0 Å². The third kappa shape index (κ3) is 5.80. The Morgan fingerprint density at radius 1 is 0.290 bits per heavy atom. The molecule has 0 saturated carbocycles. The first kappa shape index (κ1) is 35.7. The Morgan fingerprint density at radius 2 is 0.742 bits per heavy atom. The first-order valence-electron chi connectivity index (χ1n) is 21.0. The second-order valence-electron chi connectivity index (χ2n) is 15.9. The Hall–Kier alpha value is -8.21. The monoisotopic (exact) mass is 791 g/mol. The molecular formula is C58H37N3O. The zero-order valence-electron chi connectivity index (χ0n) is 33.6. The lowest BCUT2D eigenvalue weighted by Gasteiger charge is -2.34. The summed E-state index contributed by atoms with van der Waals surface area (Å²) >= 11 is 0. The van der Waals surface area contributed by atoms with Crippen molar-refractivity contribution in [3.8, 4) is 67.5 Å². The van der Waals surface area contributed by atoms with Crippen molar-refractivity contribution in [2.24, 2.45) is 0 Å². The zero-order chi connectivity index (χ0) is 41.0. The summed E-state index contributed by atoms with van der Waals surface area (Å²) in [5.74, 6) is 1.92. The van der Waals surface area contributed by atoms with Crippen LogP contribution in [0.15, 0.2) is 229 Å². The number of nitrogens with zero attached hydrogens (tertiary/aromatic N) is 3. The van der Waals surface area contributed by atoms with Crippen molar-refractivity contribution in [2.45, 2.75) is 5.41 Å². The van der Waals surface area contributed by atoms with Crippen molar-refractivity contribution in [1.82, 2.24) is 15.0 Å². The molecule has 0 saturated heterocycles. The van der Waals surface area contributed by atoms with Crippen LogP contribution < -0.4 is 0 Å². The van der Waals surface area contributed by atoms with Crippen LogP contribution in [0.3, 0.4) is 0 Å². The fraction of sp³-hybridized carbons (Fsp3) is 0.0172. The fourth-order valence-corrected chi connectivity index (χ4v) is 9.55. The van der Waals surface area contributed by atoms with Gasteiger partial charge in [0.15, 0.2) is 17.5 Å². The van der Waals surface area contributed by atoms with Crippen LogP contribution in [-0.4, -0.2) is 15.0 Å². The molecule has 4 heteroatoms. The SMILES string of the molecule is c1ccc(-c2nc(-c3ccccc3)nc(-c3cccc(-c4cccc(-c5ccc(C6(c7ccc8c(c7)oc7ccccc78)c7ccccc7-c7ccccc76)cc5)c4)c3)n2)cc1. The largest absolute Gasteiger partial charge is 0.456 e. The van der Waals surface area contributed by atoms with E-state index in [1.54, 1.807) is 0 Å². The molecule has 4 nitrogen and oxygen atoms in total. The standard InChI is InChI=1S/C58H37N3O/c1-3-15-39(16-4-1)55-59-56(40-17-5-2-6-18-40)61-57(60-55)44-22-14-21-43(36-44)42-20-13-19-41(35-42)38-29-31-45(32-30-38)58(51-26-10-7-23-47(51)48-24-8-11-27-52(48)58)46-33-34-50-49-25-9-12-28-53(49)62-54(50)37-46/h1-37H. The molecule has 62 heavy (non-hydrogen) atoms. The van der Waals surface area contributed by atoms with Gasteiger partial charge in [-0.1, -0.05) is 200 Å². The molecule has 12 rings (SSSR count). The van der Waals surface area contributed by atoms with Crippen LogP contribution in [0.2, 0.25) is 0 Å². The number of furan rings is 1. The maximum Gasteiger partial charge on any atom is 0.164 e. The molecule has 0 atom stereocenters. The second kappa shape index (κ2) is 14.5. The predicted octanol–water partition coefficient (Wildman–Crippen LogP) is 14.5. The van der Waals surface area contributed by atoms with E-state index in [-0.39, 0.29) is 0 Å². The fourth-order valence-electron chi connectivity index (χ4n) is 9.55. The molecule has 0 aliphatic heterocycles. The summed E-state index contributed by atoms with van der Waals surface area (Å²) < 4.78 is 6.50. The summed E-state index contributed by atoms with van der Waals surface area (Å²) in [6, 6.07) is 79.5. The van der Waals surface area contributed by atoms with Crippen LogP contribution in [0.4, 0.5) is 0 Å². The number of aromatic nitrogens is 3. The lowest BCUT2D eigenvalue weighted by atomic mass is 9.67. The summed E-state index contributed by atoms with van der Waals surface area (Å²) in [5, 5.41) is 2.26. The van der Waals surface area contributed by atoms with E-state index >= 15 is 0 Å². The first-order valence-corrected chi connectivity index (χ1v) is 21.0. The van der Waals surface area contributed by atoms with Gasteiger partial charge in [0.25, 0.3) is 0 Å². The van der Waals surface area contributed by atoms with Gasteiger partial charge in [0.05, 0.1) is 5.41 Å². The predicted molar refractivity (Wildman–Crippen MR) is 252 cm³/mol. The molecule has 9 aromatic carbocycles. The molecule has 0 bridgehead atoms. The Kier molecular flexibility index (Phi) is 8.36. The van der Waals surface area contributed by atoms with Crippen molar-refractivity contribution in [2.75, 3.05) is 0 Å². The third-order valence-electron chi connectivity index (χ3n) is 12.4. The van der Waals surface area contributed by atoms with E-state index < -0.39 is 5.41 Å². The number of fused-ring (bicyclic) bond motifs is 6. The molecule has 0 fully saturated rings. The smallest absolute Gasteiger partial charge is 0.164 e. The summed E-state index contributed by atoms with van der Waals surface area (Å²) in [4.78, 5) is 14.9. The van der Waals surface area contributed by atoms with Crippen LogP contribution in [0, 0.1) is 0 Å². The lowest BCUT2D eigenvalue weighted by Crippen LogP contribution is -2.28. The van der Waals surface area contributed by atoms with Gasteiger partial charge in [0.1, 0.15) is 11.2 Å². The van der Waals surface area contributed by atoms with Crippen molar-refractivity contribution in [3.05, 3.63) is 247 Å². The molecule has 1 aliphatic carbocycles. The Labute approximate surface area is 359 Å². The van der Waals surface area contributed by atoms with Crippen molar-refractivity contribution >= 4 is 21.9 Å². The molecule has 0 unspecified atom stereocenters. The van der Waals surface area contributed by atoms with Gasteiger partial charge in [0, 0.05) is 27.5 Å². The van der Waals surface area contributed by atoms with Crippen molar-refractivity contribution < 1.29 is 4.42 Å². The van der Waals surface area contributed by atoms with E-state index in [1.807, 2.05) is 72.8 Å². The molecule has 2 heterocycles. The number of rotatable bonds is 7. The quantitative estimate of drug-likeness (QED) is 0.161. The minimum Gasteiger partial charge on any atom is -0.456 e. The normalized spacial score (nSPS) is 12.6. The van der Waals surface area contributed by atoms with E-state index in [4.69, 9.17) is 19.4 Å². The van der Waals surface area contributed by atoms with E-state index in [1.165, 1.54) is 33.4 Å².